The Hall–Kier alpha value is -2.57. The van der Waals surface area contributed by atoms with Gasteiger partial charge < -0.3 is 9.84 Å². The Labute approximate surface area is 109 Å². The van der Waals surface area contributed by atoms with E-state index in [9.17, 15) is 4.79 Å². The van der Waals surface area contributed by atoms with E-state index in [0.717, 1.165) is 0 Å². The van der Waals surface area contributed by atoms with Crippen LogP contribution in [0.2, 0.25) is 0 Å². The molecule has 2 aromatic heterocycles. The second-order valence-corrected chi connectivity index (χ2v) is 3.67. The van der Waals surface area contributed by atoms with Crippen LogP contribution in [0.25, 0.3) is 11.5 Å². The molecule has 0 spiro atoms. The van der Waals surface area contributed by atoms with Crippen LogP contribution in [-0.4, -0.2) is 38.4 Å². The van der Waals surface area contributed by atoms with E-state index >= 15 is 0 Å². The highest BCUT2D eigenvalue weighted by Crippen LogP contribution is 2.15. The maximum absolute atomic E-state index is 11.0. The van der Waals surface area contributed by atoms with Gasteiger partial charge in [0.1, 0.15) is 5.69 Å². The molecule has 0 radical (unpaired) electrons. The first-order valence-corrected chi connectivity index (χ1v) is 5.63. The predicted octanol–water partition coefficient (Wildman–Crippen LogP) is 1.20. The fourth-order valence-corrected chi connectivity index (χ4v) is 1.54. The molecule has 0 unspecified atom stereocenters. The van der Waals surface area contributed by atoms with E-state index in [-0.39, 0.29) is 5.56 Å². The number of ether oxygens (including phenoxy) is 1. The highest BCUT2D eigenvalue weighted by molar-refractivity contribution is 5.88. The summed E-state index contributed by atoms with van der Waals surface area (Å²) < 4.78 is 4.91. The maximum atomic E-state index is 11.0. The molecule has 0 aliphatic rings. The van der Waals surface area contributed by atoms with Crippen molar-refractivity contribution in [1.82, 2.24) is 20.2 Å². The van der Waals surface area contributed by atoms with E-state index in [0.29, 0.717) is 29.5 Å². The Morgan fingerprint density at radius 3 is 2.68 bits per heavy atom. The minimum absolute atomic E-state index is 0.104. The molecule has 0 saturated carbocycles. The summed E-state index contributed by atoms with van der Waals surface area (Å²) in [5.41, 5.74) is 1.04. The van der Waals surface area contributed by atoms with E-state index < -0.39 is 5.97 Å². The van der Waals surface area contributed by atoms with Gasteiger partial charge in [0.25, 0.3) is 0 Å². The number of hydrogen-bond acceptors (Lipinski definition) is 6. The quantitative estimate of drug-likeness (QED) is 0.881. The van der Waals surface area contributed by atoms with Gasteiger partial charge in [-0.15, -0.1) is 10.2 Å². The molecule has 19 heavy (non-hydrogen) atoms. The van der Waals surface area contributed by atoms with Crippen molar-refractivity contribution in [3.05, 3.63) is 29.6 Å². The Morgan fingerprint density at radius 1 is 1.37 bits per heavy atom. The summed E-state index contributed by atoms with van der Waals surface area (Å²) >= 11 is 0. The summed E-state index contributed by atoms with van der Waals surface area (Å²) in [4.78, 5) is 19.2. The Morgan fingerprint density at radius 2 is 2.16 bits per heavy atom. The molecule has 0 aromatic carbocycles. The summed E-state index contributed by atoms with van der Waals surface area (Å²) in [6.45, 7) is 1.83. The van der Waals surface area contributed by atoms with Gasteiger partial charge in [-0.1, -0.05) is 6.92 Å². The Kier molecular flexibility index (Phi) is 3.65. The van der Waals surface area contributed by atoms with Crippen molar-refractivity contribution in [3.63, 3.8) is 0 Å². The monoisotopic (exact) mass is 260 g/mol. The van der Waals surface area contributed by atoms with E-state index in [1.807, 2.05) is 6.92 Å². The van der Waals surface area contributed by atoms with Crippen LogP contribution in [-0.2, 0) is 6.42 Å². The lowest BCUT2D eigenvalue weighted by Crippen LogP contribution is -2.07. The number of aryl methyl sites for hydroxylation is 1. The van der Waals surface area contributed by atoms with Crippen LogP contribution < -0.4 is 4.74 Å². The molecule has 0 saturated heterocycles. The van der Waals surface area contributed by atoms with Gasteiger partial charge in [0.2, 0.25) is 5.88 Å². The van der Waals surface area contributed by atoms with Gasteiger partial charge in [-0.3, -0.25) is 0 Å². The van der Waals surface area contributed by atoms with Crippen LogP contribution in [0.4, 0.5) is 0 Å². The van der Waals surface area contributed by atoms with Crippen molar-refractivity contribution in [3.8, 4) is 17.4 Å². The average molecular weight is 260 g/mol. The zero-order chi connectivity index (χ0) is 13.8. The smallest absolute Gasteiger partial charge is 0.339 e. The maximum Gasteiger partial charge on any atom is 0.339 e. The van der Waals surface area contributed by atoms with Gasteiger partial charge in [0.05, 0.1) is 18.4 Å². The highest BCUT2D eigenvalue weighted by atomic mass is 16.5. The lowest BCUT2D eigenvalue weighted by atomic mass is 10.2. The number of carbonyl (C=O) groups is 1. The molecule has 0 amide bonds. The zero-order valence-corrected chi connectivity index (χ0v) is 10.5. The third kappa shape index (κ3) is 2.65. The number of rotatable bonds is 4. The molecule has 2 heterocycles. The zero-order valence-electron chi connectivity index (χ0n) is 10.5. The van der Waals surface area contributed by atoms with Crippen LogP contribution in [0, 0.1) is 0 Å². The minimum Gasteiger partial charge on any atom is -0.480 e. The van der Waals surface area contributed by atoms with Crippen LogP contribution in [0.3, 0.4) is 0 Å². The molecule has 0 atom stereocenters. The second kappa shape index (κ2) is 5.38. The standard InChI is InChI=1S/C12H12N4O3/c1-3-8-7(12(17)18)6-13-11(14-8)9-4-5-10(19-2)16-15-9/h4-6H,3H2,1-2H3,(H,17,18). The molecule has 98 valence electrons. The first-order chi connectivity index (χ1) is 9.15. The first-order valence-electron chi connectivity index (χ1n) is 5.63. The Bertz CT molecular complexity index is 598. The predicted molar refractivity (Wildman–Crippen MR) is 65.9 cm³/mol. The molecular formula is C12H12N4O3. The van der Waals surface area contributed by atoms with Crippen LogP contribution in [0.1, 0.15) is 23.0 Å². The molecule has 0 aliphatic heterocycles. The minimum atomic E-state index is -1.04. The van der Waals surface area contributed by atoms with Crippen LogP contribution >= 0.6 is 0 Å². The number of hydrogen-bond donors (Lipinski definition) is 1. The van der Waals surface area contributed by atoms with Gasteiger partial charge in [0.15, 0.2) is 5.82 Å². The third-order valence-corrected chi connectivity index (χ3v) is 2.51. The van der Waals surface area contributed by atoms with Gasteiger partial charge in [-0.05, 0) is 12.5 Å². The van der Waals surface area contributed by atoms with Crippen molar-refractivity contribution in [2.75, 3.05) is 7.11 Å². The Balaban J connectivity index is 2.42. The number of carboxylic acid groups (broad SMARTS) is 1. The van der Waals surface area contributed by atoms with Crippen LogP contribution in [0.15, 0.2) is 18.3 Å². The number of carboxylic acids is 1. The average Bonchev–Trinajstić information content (AvgIpc) is 2.46. The summed E-state index contributed by atoms with van der Waals surface area (Å²) in [6, 6.07) is 3.31. The lowest BCUT2D eigenvalue weighted by molar-refractivity contribution is 0.0694. The number of aromatic nitrogens is 4. The number of methoxy groups -OCH3 is 1. The largest absolute Gasteiger partial charge is 0.480 e. The summed E-state index contributed by atoms with van der Waals surface area (Å²) in [5, 5.41) is 16.7. The van der Waals surface area contributed by atoms with Crippen molar-refractivity contribution in [2.24, 2.45) is 0 Å². The number of nitrogens with zero attached hydrogens (tertiary/aromatic N) is 4. The topological polar surface area (TPSA) is 98.1 Å². The fourth-order valence-electron chi connectivity index (χ4n) is 1.54. The lowest BCUT2D eigenvalue weighted by Gasteiger charge is -2.05. The van der Waals surface area contributed by atoms with E-state index in [4.69, 9.17) is 9.84 Å². The van der Waals surface area contributed by atoms with Crippen molar-refractivity contribution in [2.45, 2.75) is 13.3 Å². The second-order valence-electron chi connectivity index (χ2n) is 3.67. The van der Waals surface area contributed by atoms with Gasteiger partial charge in [0, 0.05) is 12.3 Å². The molecule has 0 fully saturated rings. The first kappa shape index (κ1) is 12.9. The van der Waals surface area contributed by atoms with Crippen molar-refractivity contribution >= 4 is 5.97 Å². The third-order valence-electron chi connectivity index (χ3n) is 2.51. The van der Waals surface area contributed by atoms with Gasteiger partial charge in [-0.25, -0.2) is 14.8 Å². The molecule has 7 nitrogen and oxygen atoms in total. The molecule has 0 bridgehead atoms. The highest BCUT2D eigenvalue weighted by Gasteiger charge is 2.13. The molecular weight excluding hydrogens is 248 g/mol. The van der Waals surface area contributed by atoms with E-state index in [2.05, 4.69) is 20.2 Å². The molecule has 1 N–H and O–H groups in total. The molecule has 2 aromatic rings. The van der Waals surface area contributed by atoms with Crippen LogP contribution in [0.5, 0.6) is 5.88 Å². The van der Waals surface area contributed by atoms with E-state index in [1.165, 1.54) is 13.3 Å². The summed E-state index contributed by atoms with van der Waals surface area (Å²) in [5.74, 6) is -0.303. The fraction of sp³-hybridized carbons (Fsp3) is 0.250. The summed E-state index contributed by atoms with van der Waals surface area (Å²) in [6.07, 6.45) is 1.79. The van der Waals surface area contributed by atoms with Crippen molar-refractivity contribution < 1.29 is 14.6 Å². The van der Waals surface area contributed by atoms with E-state index in [1.54, 1.807) is 12.1 Å². The van der Waals surface area contributed by atoms with Gasteiger partial charge >= 0.3 is 5.97 Å². The molecule has 2 rings (SSSR count). The number of aromatic carboxylic acids is 1. The van der Waals surface area contributed by atoms with Gasteiger partial charge in [-0.2, -0.15) is 0 Å². The van der Waals surface area contributed by atoms with Crippen molar-refractivity contribution in [1.29, 1.82) is 0 Å². The SMILES string of the molecule is CCc1nc(-c2ccc(OC)nn2)ncc1C(=O)O. The normalized spacial score (nSPS) is 10.2. The molecule has 7 heteroatoms. The summed E-state index contributed by atoms with van der Waals surface area (Å²) in [7, 11) is 1.50. The molecule has 0 aliphatic carbocycles.